The van der Waals surface area contributed by atoms with E-state index in [-0.39, 0.29) is 5.92 Å². The van der Waals surface area contributed by atoms with Crippen molar-refractivity contribution in [3.05, 3.63) is 142 Å². The van der Waals surface area contributed by atoms with Gasteiger partial charge in [-0.05, 0) is 63.9 Å². The third-order valence-corrected chi connectivity index (χ3v) is 8.19. The summed E-state index contributed by atoms with van der Waals surface area (Å²) in [6.45, 7) is 4.49. The molecule has 174 valence electrons. The summed E-state index contributed by atoms with van der Waals surface area (Å²) < 4.78 is 0. The van der Waals surface area contributed by atoms with Gasteiger partial charge in [0.15, 0.2) is 0 Å². The number of aryl methyl sites for hydroxylation is 1. The lowest BCUT2D eigenvalue weighted by Crippen LogP contribution is -2.21. The van der Waals surface area contributed by atoms with E-state index in [0.717, 1.165) is 11.4 Å². The molecule has 0 saturated carbocycles. The second kappa shape index (κ2) is 8.24. The molecule has 3 atom stereocenters. The van der Waals surface area contributed by atoms with Crippen LogP contribution in [0.3, 0.4) is 0 Å². The highest BCUT2D eigenvalue weighted by molar-refractivity contribution is 5.98. The molecule has 0 spiro atoms. The van der Waals surface area contributed by atoms with Crippen LogP contribution < -0.4 is 5.32 Å². The average Bonchev–Trinajstić information content (AvgIpc) is 2.93. The van der Waals surface area contributed by atoms with E-state index in [1.807, 2.05) is 0 Å². The van der Waals surface area contributed by atoms with Crippen LogP contribution >= 0.6 is 0 Å². The van der Waals surface area contributed by atoms with Crippen LogP contribution in [0.15, 0.2) is 109 Å². The number of rotatable bonds is 4. The van der Waals surface area contributed by atoms with Crippen molar-refractivity contribution in [2.45, 2.75) is 25.7 Å². The van der Waals surface area contributed by atoms with Crippen LogP contribution in [-0.4, -0.2) is 0 Å². The van der Waals surface area contributed by atoms with Crippen molar-refractivity contribution in [3.63, 3.8) is 0 Å². The Morgan fingerprint density at radius 3 is 2.42 bits per heavy atom. The molecule has 4 aromatic carbocycles. The zero-order valence-electron chi connectivity index (χ0n) is 20.7. The molecule has 1 heteroatoms. The lowest BCUT2D eigenvalue weighted by Gasteiger charge is -2.36. The number of hydrogen-bond donors (Lipinski definition) is 1. The van der Waals surface area contributed by atoms with Crippen LogP contribution in [0.4, 0.5) is 11.4 Å². The molecule has 0 saturated heterocycles. The monoisotopic (exact) mass is 463 g/mol. The Morgan fingerprint density at radius 1 is 0.750 bits per heavy atom. The quantitative estimate of drug-likeness (QED) is 0.318. The van der Waals surface area contributed by atoms with Crippen LogP contribution in [0.5, 0.6) is 0 Å². The lowest BCUT2D eigenvalue weighted by molar-refractivity contribution is 0.662. The molecule has 0 heterocycles. The maximum absolute atomic E-state index is 3.65. The Morgan fingerprint density at radius 2 is 1.56 bits per heavy atom. The van der Waals surface area contributed by atoms with Crippen molar-refractivity contribution >= 4 is 34.3 Å². The first-order chi connectivity index (χ1) is 17.7. The van der Waals surface area contributed by atoms with Gasteiger partial charge in [-0.3, -0.25) is 0 Å². The average molecular weight is 464 g/mol. The van der Waals surface area contributed by atoms with Crippen molar-refractivity contribution in [1.29, 1.82) is 0 Å². The largest absolute Gasteiger partial charge is 0.355 e. The summed E-state index contributed by atoms with van der Waals surface area (Å²) in [4.78, 5) is 0. The van der Waals surface area contributed by atoms with Gasteiger partial charge in [0, 0.05) is 34.5 Å². The maximum atomic E-state index is 3.65. The molecule has 3 unspecified atom stereocenters. The molecule has 0 bridgehead atoms. The molecule has 1 N–H and O–H groups in total. The van der Waals surface area contributed by atoms with Crippen LogP contribution in [0.2, 0.25) is 0 Å². The summed E-state index contributed by atoms with van der Waals surface area (Å²) in [5.41, 5.74) is 12.0. The molecular weight excluding hydrogens is 434 g/mol. The van der Waals surface area contributed by atoms with Gasteiger partial charge < -0.3 is 5.32 Å². The first-order valence-electron chi connectivity index (χ1n) is 12.9. The van der Waals surface area contributed by atoms with E-state index in [0.29, 0.717) is 11.8 Å². The first-order valence-corrected chi connectivity index (χ1v) is 12.9. The fourth-order valence-electron chi connectivity index (χ4n) is 6.31. The summed E-state index contributed by atoms with van der Waals surface area (Å²) in [5, 5.41) is 6.22. The molecule has 36 heavy (non-hydrogen) atoms. The number of fused-ring (bicyclic) bond motifs is 1. The molecular formula is C35H29N. The SMILES string of the molecule is Cc1ccc(Nc2ccc(C(C)c3ccc4c5c3C=CC3=CC=CC(C=C4)C35)c3ccccc23)cc1. The van der Waals surface area contributed by atoms with Gasteiger partial charge in [0.1, 0.15) is 0 Å². The van der Waals surface area contributed by atoms with Gasteiger partial charge in [0.05, 0.1) is 0 Å². The normalized spacial score (nSPS) is 19.7. The van der Waals surface area contributed by atoms with Crippen LogP contribution in [0.25, 0.3) is 22.9 Å². The van der Waals surface area contributed by atoms with E-state index in [1.165, 1.54) is 49.7 Å². The van der Waals surface area contributed by atoms with Crippen molar-refractivity contribution < 1.29 is 0 Å². The van der Waals surface area contributed by atoms with Gasteiger partial charge >= 0.3 is 0 Å². The molecule has 0 amide bonds. The van der Waals surface area contributed by atoms with E-state index in [1.54, 1.807) is 0 Å². The molecule has 0 fully saturated rings. The standard InChI is InChI=1S/C35H29N/c1-22-10-16-27(17-11-22)36-33-21-20-28(30-8-3-4-9-31(30)33)23(2)29-18-14-26-13-12-24-6-5-7-25-15-19-32(29)35(26)34(24)25/h3-21,23-24,34,36H,1-2H3. The smallest absolute Gasteiger partial charge is 0.0464 e. The van der Waals surface area contributed by atoms with E-state index in [4.69, 9.17) is 0 Å². The number of nitrogens with one attached hydrogen (secondary N) is 1. The summed E-state index contributed by atoms with van der Waals surface area (Å²) >= 11 is 0. The van der Waals surface area contributed by atoms with E-state index in [2.05, 4.69) is 134 Å². The topological polar surface area (TPSA) is 12.0 Å². The van der Waals surface area contributed by atoms with Crippen molar-refractivity contribution in [2.75, 3.05) is 5.32 Å². The van der Waals surface area contributed by atoms with Crippen molar-refractivity contribution in [3.8, 4) is 0 Å². The fraction of sp³-hybridized carbons (Fsp3) is 0.143. The highest BCUT2D eigenvalue weighted by Crippen LogP contribution is 2.49. The number of allylic oxidation sites excluding steroid dienone is 6. The molecule has 4 aromatic rings. The van der Waals surface area contributed by atoms with Crippen LogP contribution in [0, 0.1) is 12.8 Å². The molecule has 3 aliphatic rings. The van der Waals surface area contributed by atoms with Gasteiger partial charge in [-0.2, -0.15) is 0 Å². The minimum Gasteiger partial charge on any atom is -0.355 e. The zero-order chi connectivity index (χ0) is 24.2. The highest BCUT2D eigenvalue weighted by Gasteiger charge is 2.33. The molecule has 0 aliphatic heterocycles. The summed E-state index contributed by atoms with van der Waals surface area (Å²) in [5.74, 6) is 1.18. The first kappa shape index (κ1) is 21.2. The Hall–Kier alpha value is -4.10. The van der Waals surface area contributed by atoms with Gasteiger partial charge in [-0.1, -0.05) is 110 Å². The van der Waals surface area contributed by atoms with E-state index >= 15 is 0 Å². The van der Waals surface area contributed by atoms with Crippen molar-refractivity contribution in [2.24, 2.45) is 5.92 Å². The minimum atomic E-state index is 0.280. The predicted molar refractivity (Wildman–Crippen MR) is 154 cm³/mol. The van der Waals surface area contributed by atoms with Crippen LogP contribution in [0.1, 0.15) is 52.1 Å². The summed E-state index contributed by atoms with van der Waals surface area (Å²) in [7, 11) is 0. The predicted octanol–water partition coefficient (Wildman–Crippen LogP) is 9.29. The Kier molecular flexibility index (Phi) is 4.85. The van der Waals surface area contributed by atoms with Gasteiger partial charge in [-0.25, -0.2) is 0 Å². The van der Waals surface area contributed by atoms with Gasteiger partial charge in [0.2, 0.25) is 0 Å². The summed E-state index contributed by atoms with van der Waals surface area (Å²) in [6.07, 6.45) is 16.2. The van der Waals surface area contributed by atoms with Gasteiger partial charge in [-0.15, -0.1) is 0 Å². The number of benzene rings is 4. The summed E-state index contributed by atoms with van der Waals surface area (Å²) in [6, 6.07) is 26.7. The molecule has 0 aromatic heterocycles. The van der Waals surface area contributed by atoms with Crippen molar-refractivity contribution in [1.82, 2.24) is 0 Å². The molecule has 1 nitrogen and oxygen atoms in total. The van der Waals surface area contributed by atoms with E-state index in [9.17, 15) is 0 Å². The Balaban J connectivity index is 1.33. The second-order valence-corrected chi connectivity index (χ2v) is 10.3. The van der Waals surface area contributed by atoms with Crippen LogP contribution in [-0.2, 0) is 0 Å². The molecule has 3 aliphatic carbocycles. The van der Waals surface area contributed by atoms with Gasteiger partial charge in [0.25, 0.3) is 0 Å². The molecule has 7 rings (SSSR count). The maximum Gasteiger partial charge on any atom is 0.0464 e. The zero-order valence-corrected chi connectivity index (χ0v) is 20.7. The Labute approximate surface area is 213 Å². The number of anilines is 2. The lowest BCUT2D eigenvalue weighted by atomic mass is 9.67. The molecule has 0 radical (unpaired) electrons. The minimum absolute atomic E-state index is 0.280. The Bertz CT molecular complexity index is 1630. The van der Waals surface area contributed by atoms with E-state index < -0.39 is 0 Å². The number of hydrogen-bond acceptors (Lipinski definition) is 1. The fourth-order valence-corrected chi connectivity index (χ4v) is 6.31. The third kappa shape index (κ3) is 3.31. The highest BCUT2D eigenvalue weighted by atomic mass is 14.9. The second-order valence-electron chi connectivity index (χ2n) is 10.3. The third-order valence-electron chi connectivity index (χ3n) is 8.19.